The molecular formula is C7H10ClN3O. The SMILES string of the molecule is Cl.c1cnc(OC2CNC2)nc1. The van der Waals surface area contributed by atoms with Gasteiger partial charge in [0.25, 0.3) is 0 Å². The largest absolute Gasteiger partial charge is 0.457 e. The molecule has 0 amide bonds. The maximum absolute atomic E-state index is 5.37. The summed E-state index contributed by atoms with van der Waals surface area (Å²) in [6.45, 7) is 1.80. The summed E-state index contributed by atoms with van der Waals surface area (Å²) in [5.74, 6) is 0. The lowest BCUT2D eigenvalue weighted by atomic mass is 10.2. The van der Waals surface area contributed by atoms with Crippen molar-refractivity contribution in [2.45, 2.75) is 6.10 Å². The molecule has 2 heterocycles. The number of rotatable bonds is 2. The highest BCUT2D eigenvalue weighted by molar-refractivity contribution is 5.85. The van der Waals surface area contributed by atoms with Crippen molar-refractivity contribution in [3.8, 4) is 6.01 Å². The minimum absolute atomic E-state index is 0. The maximum atomic E-state index is 5.37. The normalized spacial score (nSPS) is 16.0. The van der Waals surface area contributed by atoms with Gasteiger partial charge in [-0.3, -0.25) is 0 Å². The fraction of sp³-hybridized carbons (Fsp3) is 0.429. The van der Waals surface area contributed by atoms with Crippen LogP contribution < -0.4 is 10.1 Å². The molecule has 1 N–H and O–H groups in total. The third-order valence-corrected chi connectivity index (χ3v) is 1.56. The summed E-state index contributed by atoms with van der Waals surface area (Å²) in [6, 6.07) is 2.24. The Hall–Kier alpha value is -0.870. The minimum atomic E-state index is 0. The third kappa shape index (κ3) is 2.06. The zero-order chi connectivity index (χ0) is 7.52. The van der Waals surface area contributed by atoms with E-state index in [1.54, 1.807) is 18.5 Å². The molecule has 0 spiro atoms. The predicted molar refractivity (Wildman–Crippen MR) is 46.6 cm³/mol. The highest BCUT2D eigenvalue weighted by Gasteiger charge is 2.18. The second-order valence-electron chi connectivity index (χ2n) is 2.43. The Labute approximate surface area is 76.8 Å². The number of nitrogens with one attached hydrogen (secondary N) is 1. The van der Waals surface area contributed by atoms with E-state index in [9.17, 15) is 0 Å². The van der Waals surface area contributed by atoms with Gasteiger partial charge >= 0.3 is 6.01 Å². The first-order valence-corrected chi connectivity index (χ1v) is 3.59. The van der Waals surface area contributed by atoms with Gasteiger partial charge < -0.3 is 10.1 Å². The summed E-state index contributed by atoms with van der Waals surface area (Å²) in [4.78, 5) is 7.88. The molecule has 0 saturated carbocycles. The zero-order valence-corrected chi connectivity index (χ0v) is 7.25. The van der Waals surface area contributed by atoms with Crippen molar-refractivity contribution in [1.82, 2.24) is 15.3 Å². The molecule has 0 aliphatic carbocycles. The summed E-state index contributed by atoms with van der Waals surface area (Å²) in [5.41, 5.74) is 0. The first-order chi connectivity index (χ1) is 5.45. The topological polar surface area (TPSA) is 47.0 Å². The smallest absolute Gasteiger partial charge is 0.316 e. The van der Waals surface area contributed by atoms with Crippen LogP contribution in [0, 0.1) is 0 Å². The van der Waals surface area contributed by atoms with Crippen LogP contribution in [-0.4, -0.2) is 29.2 Å². The van der Waals surface area contributed by atoms with Gasteiger partial charge in [0.05, 0.1) is 0 Å². The number of hydrogen-bond acceptors (Lipinski definition) is 4. The summed E-state index contributed by atoms with van der Waals surface area (Å²) in [6.07, 6.45) is 3.61. The second kappa shape index (κ2) is 4.23. The number of nitrogens with zero attached hydrogens (tertiary/aromatic N) is 2. The lowest BCUT2D eigenvalue weighted by molar-refractivity contribution is 0.129. The van der Waals surface area contributed by atoms with E-state index in [0.29, 0.717) is 6.01 Å². The van der Waals surface area contributed by atoms with Crippen molar-refractivity contribution in [3.63, 3.8) is 0 Å². The van der Waals surface area contributed by atoms with Crippen LogP contribution in [0.2, 0.25) is 0 Å². The van der Waals surface area contributed by atoms with Crippen LogP contribution in [0.15, 0.2) is 18.5 Å². The summed E-state index contributed by atoms with van der Waals surface area (Å²) in [5, 5.41) is 3.10. The third-order valence-electron chi connectivity index (χ3n) is 1.56. The summed E-state index contributed by atoms with van der Waals surface area (Å²) < 4.78 is 5.37. The fourth-order valence-electron chi connectivity index (χ4n) is 0.841. The first-order valence-electron chi connectivity index (χ1n) is 3.59. The van der Waals surface area contributed by atoms with Crippen molar-refractivity contribution >= 4 is 12.4 Å². The van der Waals surface area contributed by atoms with E-state index in [2.05, 4.69) is 15.3 Å². The van der Waals surface area contributed by atoms with Crippen molar-refractivity contribution in [3.05, 3.63) is 18.5 Å². The molecular weight excluding hydrogens is 178 g/mol. The van der Waals surface area contributed by atoms with E-state index < -0.39 is 0 Å². The monoisotopic (exact) mass is 187 g/mol. The quantitative estimate of drug-likeness (QED) is 0.721. The van der Waals surface area contributed by atoms with Gasteiger partial charge in [0, 0.05) is 25.5 Å². The van der Waals surface area contributed by atoms with Crippen molar-refractivity contribution in [2.75, 3.05) is 13.1 Å². The fourth-order valence-corrected chi connectivity index (χ4v) is 0.841. The van der Waals surface area contributed by atoms with Crippen molar-refractivity contribution in [2.24, 2.45) is 0 Å². The molecule has 0 unspecified atom stereocenters. The molecule has 0 radical (unpaired) electrons. The van der Waals surface area contributed by atoms with E-state index in [1.807, 2.05) is 0 Å². The molecule has 1 fully saturated rings. The van der Waals surface area contributed by atoms with Crippen LogP contribution >= 0.6 is 12.4 Å². The highest BCUT2D eigenvalue weighted by atomic mass is 35.5. The van der Waals surface area contributed by atoms with Gasteiger partial charge in [-0.25, -0.2) is 9.97 Å². The van der Waals surface area contributed by atoms with E-state index in [4.69, 9.17) is 4.74 Å². The molecule has 4 nitrogen and oxygen atoms in total. The van der Waals surface area contributed by atoms with E-state index >= 15 is 0 Å². The van der Waals surface area contributed by atoms with Crippen LogP contribution in [0.1, 0.15) is 0 Å². The van der Waals surface area contributed by atoms with E-state index in [0.717, 1.165) is 13.1 Å². The Morgan fingerprint density at radius 2 is 2.00 bits per heavy atom. The van der Waals surface area contributed by atoms with Gasteiger partial charge in [-0.2, -0.15) is 0 Å². The van der Waals surface area contributed by atoms with Crippen LogP contribution in [0.3, 0.4) is 0 Å². The summed E-state index contributed by atoms with van der Waals surface area (Å²) >= 11 is 0. The summed E-state index contributed by atoms with van der Waals surface area (Å²) in [7, 11) is 0. The maximum Gasteiger partial charge on any atom is 0.316 e. The van der Waals surface area contributed by atoms with E-state index in [1.165, 1.54) is 0 Å². The van der Waals surface area contributed by atoms with Crippen LogP contribution in [0.25, 0.3) is 0 Å². The molecule has 1 aromatic heterocycles. The molecule has 1 aromatic rings. The lowest BCUT2D eigenvalue weighted by Crippen LogP contribution is -2.50. The average Bonchev–Trinajstić information content (AvgIpc) is 1.99. The molecule has 1 aliphatic heterocycles. The lowest BCUT2D eigenvalue weighted by Gasteiger charge is -2.26. The number of ether oxygens (including phenoxy) is 1. The Kier molecular flexibility index (Phi) is 3.25. The standard InChI is InChI=1S/C7H9N3O.ClH/c1-2-9-7(10-3-1)11-6-4-8-5-6;/h1-3,6,8H,4-5H2;1H. The molecule has 0 bridgehead atoms. The van der Waals surface area contributed by atoms with Gasteiger partial charge in [0.1, 0.15) is 6.10 Å². The van der Waals surface area contributed by atoms with Gasteiger partial charge in [0.15, 0.2) is 0 Å². The molecule has 0 aromatic carbocycles. The van der Waals surface area contributed by atoms with Gasteiger partial charge in [-0.15, -0.1) is 12.4 Å². The van der Waals surface area contributed by atoms with Crippen LogP contribution in [0.5, 0.6) is 6.01 Å². The molecule has 0 atom stereocenters. The molecule has 1 saturated heterocycles. The number of halogens is 1. The number of hydrogen-bond donors (Lipinski definition) is 1. The van der Waals surface area contributed by atoms with Crippen LogP contribution in [0.4, 0.5) is 0 Å². The van der Waals surface area contributed by atoms with Crippen molar-refractivity contribution < 1.29 is 4.74 Å². The minimum Gasteiger partial charge on any atom is -0.457 e. The highest BCUT2D eigenvalue weighted by Crippen LogP contribution is 2.04. The van der Waals surface area contributed by atoms with Crippen molar-refractivity contribution in [1.29, 1.82) is 0 Å². The average molecular weight is 188 g/mol. The molecule has 12 heavy (non-hydrogen) atoms. The Bertz CT molecular complexity index is 227. The Morgan fingerprint density at radius 1 is 1.33 bits per heavy atom. The van der Waals surface area contributed by atoms with Gasteiger partial charge in [-0.1, -0.05) is 0 Å². The molecule has 5 heteroatoms. The zero-order valence-electron chi connectivity index (χ0n) is 6.43. The molecule has 66 valence electrons. The van der Waals surface area contributed by atoms with Gasteiger partial charge in [0.2, 0.25) is 0 Å². The van der Waals surface area contributed by atoms with Crippen LogP contribution in [-0.2, 0) is 0 Å². The van der Waals surface area contributed by atoms with Gasteiger partial charge in [-0.05, 0) is 6.07 Å². The molecule has 2 rings (SSSR count). The Balaban J connectivity index is 0.000000720. The second-order valence-corrected chi connectivity index (χ2v) is 2.43. The number of aromatic nitrogens is 2. The first kappa shape index (κ1) is 9.22. The Morgan fingerprint density at radius 3 is 2.50 bits per heavy atom. The predicted octanol–water partition coefficient (Wildman–Crippen LogP) is 0.249. The van der Waals surface area contributed by atoms with E-state index in [-0.39, 0.29) is 18.5 Å². The molecule has 1 aliphatic rings.